The van der Waals surface area contributed by atoms with Gasteiger partial charge in [-0.05, 0) is 26.2 Å². The zero-order valence-electron chi connectivity index (χ0n) is 11.1. The molecule has 1 fully saturated rings. The van der Waals surface area contributed by atoms with Crippen LogP contribution in [0.3, 0.4) is 0 Å². The van der Waals surface area contributed by atoms with E-state index in [4.69, 9.17) is 4.74 Å². The van der Waals surface area contributed by atoms with Crippen LogP contribution in [-0.4, -0.2) is 28.9 Å². The van der Waals surface area contributed by atoms with Crippen LogP contribution in [0.1, 0.15) is 44.3 Å². The molecule has 2 heterocycles. The number of carbonyl (C=O) groups is 1. The fourth-order valence-electron chi connectivity index (χ4n) is 2.28. The van der Waals surface area contributed by atoms with E-state index >= 15 is 0 Å². The van der Waals surface area contributed by atoms with Crippen molar-refractivity contribution in [3.63, 3.8) is 0 Å². The largest absolute Gasteiger partial charge is 0.381 e. The first-order valence-corrected chi connectivity index (χ1v) is 6.64. The van der Waals surface area contributed by atoms with Gasteiger partial charge in [-0.25, -0.2) is 0 Å². The van der Waals surface area contributed by atoms with E-state index in [2.05, 4.69) is 10.4 Å². The highest BCUT2D eigenvalue weighted by Gasteiger charge is 2.19. The Bertz CT molecular complexity index is 408. The zero-order valence-corrected chi connectivity index (χ0v) is 11.1. The molecule has 5 heteroatoms. The molecule has 0 radical (unpaired) electrons. The van der Waals surface area contributed by atoms with Crippen molar-refractivity contribution in [1.82, 2.24) is 9.78 Å². The fraction of sp³-hybridized carbons (Fsp3) is 0.692. The third-order valence-electron chi connectivity index (χ3n) is 3.33. The van der Waals surface area contributed by atoms with Crippen molar-refractivity contribution in [3.8, 4) is 0 Å². The van der Waals surface area contributed by atoms with E-state index in [1.54, 1.807) is 6.20 Å². The second kappa shape index (κ2) is 6.00. The second-order valence-corrected chi connectivity index (χ2v) is 4.73. The van der Waals surface area contributed by atoms with E-state index in [0.29, 0.717) is 12.5 Å². The molecule has 1 N–H and O–H groups in total. The van der Waals surface area contributed by atoms with Gasteiger partial charge < -0.3 is 10.1 Å². The van der Waals surface area contributed by atoms with Gasteiger partial charge in [0.25, 0.3) is 0 Å². The highest BCUT2D eigenvalue weighted by molar-refractivity contribution is 5.91. The predicted octanol–water partition coefficient (Wildman–Crippen LogP) is 2.28. The Kier molecular flexibility index (Phi) is 4.36. The molecule has 18 heavy (non-hydrogen) atoms. The molecule has 0 bridgehead atoms. The summed E-state index contributed by atoms with van der Waals surface area (Å²) in [7, 11) is 0. The summed E-state index contributed by atoms with van der Waals surface area (Å²) in [6.07, 6.45) is 5.15. The molecule has 0 aliphatic carbocycles. The summed E-state index contributed by atoms with van der Waals surface area (Å²) >= 11 is 0. The molecule has 1 aliphatic heterocycles. The summed E-state index contributed by atoms with van der Waals surface area (Å²) < 4.78 is 7.37. The highest BCUT2D eigenvalue weighted by Crippen LogP contribution is 2.25. The molecule has 2 rings (SSSR count). The van der Waals surface area contributed by atoms with Crippen LogP contribution >= 0.6 is 0 Å². The molecule has 1 aromatic heterocycles. The Morgan fingerprint density at radius 2 is 2.28 bits per heavy atom. The minimum absolute atomic E-state index is 0.0622. The fourth-order valence-corrected chi connectivity index (χ4v) is 2.28. The van der Waals surface area contributed by atoms with Gasteiger partial charge in [-0.15, -0.1) is 0 Å². The number of anilines is 1. The molecular weight excluding hydrogens is 230 g/mol. The SMILES string of the molecule is CCCC(=O)Nc1cnn(C2CCOCC2)c1C. The van der Waals surface area contributed by atoms with Gasteiger partial charge in [0.05, 0.1) is 23.6 Å². The molecule has 0 spiro atoms. The Balaban J connectivity index is 2.05. The molecule has 1 saturated heterocycles. The number of ether oxygens (including phenoxy) is 1. The predicted molar refractivity (Wildman–Crippen MR) is 69.6 cm³/mol. The molecule has 5 nitrogen and oxygen atoms in total. The lowest BCUT2D eigenvalue weighted by molar-refractivity contribution is -0.116. The van der Waals surface area contributed by atoms with Crippen LogP contribution in [0.25, 0.3) is 0 Å². The van der Waals surface area contributed by atoms with Crippen LogP contribution in [0, 0.1) is 6.92 Å². The van der Waals surface area contributed by atoms with Crippen LogP contribution in [0.15, 0.2) is 6.20 Å². The molecule has 1 amide bonds. The van der Waals surface area contributed by atoms with Crippen molar-refractivity contribution in [3.05, 3.63) is 11.9 Å². The van der Waals surface area contributed by atoms with Crippen LogP contribution < -0.4 is 5.32 Å². The summed E-state index contributed by atoms with van der Waals surface area (Å²) in [6.45, 7) is 5.59. The van der Waals surface area contributed by atoms with E-state index in [0.717, 1.165) is 43.9 Å². The van der Waals surface area contributed by atoms with Crippen molar-refractivity contribution in [2.45, 2.75) is 45.6 Å². The third kappa shape index (κ3) is 2.90. The summed E-state index contributed by atoms with van der Waals surface area (Å²) in [5.41, 5.74) is 1.87. The Morgan fingerprint density at radius 1 is 1.56 bits per heavy atom. The molecule has 100 valence electrons. The lowest BCUT2D eigenvalue weighted by Crippen LogP contribution is -2.21. The molecule has 1 aromatic rings. The average Bonchev–Trinajstić information content (AvgIpc) is 2.72. The Labute approximate surface area is 108 Å². The van der Waals surface area contributed by atoms with Crippen molar-refractivity contribution >= 4 is 11.6 Å². The number of nitrogens with zero attached hydrogens (tertiary/aromatic N) is 2. The van der Waals surface area contributed by atoms with Gasteiger partial charge in [-0.2, -0.15) is 5.10 Å². The van der Waals surface area contributed by atoms with Gasteiger partial charge in [0.1, 0.15) is 0 Å². The van der Waals surface area contributed by atoms with Gasteiger partial charge in [-0.1, -0.05) is 6.92 Å². The van der Waals surface area contributed by atoms with Crippen LogP contribution in [-0.2, 0) is 9.53 Å². The summed E-state index contributed by atoms with van der Waals surface area (Å²) in [4.78, 5) is 11.6. The van der Waals surface area contributed by atoms with Crippen molar-refractivity contribution < 1.29 is 9.53 Å². The van der Waals surface area contributed by atoms with E-state index in [-0.39, 0.29) is 5.91 Å². The van der Waals surface area contributed by atoms with Gasteiger partial charge in [0.2, 0.25) is 5.91 Å². The van der Waals surface area contributed by atoms with Crippen molar-refractivity contribution in [2.75, 3.05) is 18.5 Å². The number of rotatable bonds is 4. The quantitative estimate of drug-likeness (QED) is 0.893. The average molecular weight is 251 g/mol. The molecule has 0 atom stereocenters. The van der Waals surface area contributed by atoms with E-state index in [9.17, 15) is 4.79 Å². The van der Waals surface area contributed by atoms with Crippen molar-refractivity contribution in [2.24, 2.45) is 0 Å². The smallest absolute Gasteiger partial charge is 0.224 e. The molecule has 0 unspecified atom stereocenters. The van der Waals surface area contributed by atoms with Gasteiger partial charge in [0, 0.05) is 19.6 Å². The molecular formula is C13H21N3O2. The monoisotopic (exact) mass is 251 g/mol. The number of aromatic nitrogens is 2. The topological polar surface area (TPSA) is 56.2 Å². The Hall–Kier alpha value is -1.36. The van der Waals surface area contributed by atoms with Crippen LogP contribution in [0.2, 0.25) is 0 Å². The summed E-state index contributed by atoms with van der Waals surface area (Å²) in [5.74, 6) is 0.0622. The van der Waals surface area contributed by atoms with Crippen LogP contribution in [0.5, 0.6) is 0 Å². The summed E-state index contributed by atoms with van der Waals surface area (Å²) in [6, 6.07) is 0.399. The minimum Gasteiger partial charge on any atom is -0.381 e. The highest BCUT2D eigenvalue weighted by atomic mass is 16.5. The van der Waals surface area contributed by atoms with Gasteiger partial charge >= 0.3 is 0 Å². The lowest BCUT2D eigenvalue weighted by atomic mass is 10.1. The zero-order chi connectivity index (χ0) is 13.0. The molecule has 0 saturated carbocycles. The van der Waals surface area contributed by atoms with E-state index < -0.39 is 0 Å². The number of amides is 1. The van der Waals surface area contributed by atoms with Crippen LogP contribution in [0.4, 0.5) is 5.69 Å². The Morgan fingerprint density at radius 3 is 2.94 bits per heavy atom. The number of nitrogens with one attached hydrogen (secondary N) is 1. The molecule has 1 aliphatic rings. The standard InChI is InChI=1S/C13H21N3O2/c1-3-4-13(17)15-12-9-14-16(10(12)2)11-5-7-18-8-6-11/h9,11H,3-8H2,1-2H3,(H,15,17). The molecule has 0 aromatic carbocycles. The maximum atomic E-state index is 11.6. The van der Waals surface area contributed by atoms with Gasteiger partial charge in [-0.3, -0.25) is 9.48 Å². The summed E-state index contributed by atoms with van der Waals surface area (Å²) in [5, 5.41) is 7.32. The lowest BCUT2D eigenvalue weighted by Gasteiger charge is -2.23. The number of carbonyl (C=O) groups excluding carboxylic acids is 1. The van der Waals surface area contributed by atoms with E-state index in [1.807, 2.05) is 18.5 Å². The first-order valence-electron chi connectivity index (χ1n) is 6.64. The first-order chi connectivity index (χ1) is 8.72. The van der Waals surface area contributed by atoms with E-state index in [1.165, 1.54) is 0 Å². The minimum atomic E-state index is 0.0622. The third-order valence-corrected chi connectivity index (χ3v) is 3.33. The second-order valence-electron chi connectivity index (χ2n) is 4.73. The normalized spacial score (nSPS) is 16.8. The van der Waals surface area contributed by atoms with Crippen molar-refractivity contribution in [1.29, 1.82) is 0 Å². The first kappa shape index (κ1) is 13.1. The number of hydrogen-bond donors (Lipinski definition) is 1. The number of hydrogen-bond acceptors (Lipinski definition) is 3. The van der Waals surface area contributed by atoms with Gasteiger partial charge in [0.15, 0.2) is 0 Å². The maximum Gasteiger partial charge on any atom is 0.224 e. The maximum absolute atomic E-state index is 11.6.